The van der Waals surface area contributed by atoms with Gasteiger partial charge in [0.2, 0.25) is 5.91 Å². The van der Waals surface area contributed by atoms with E-state index in [1.807, 2.05) is 25.3 Å². The Hall–Kier alpha value is -4.13. The van der Waals surface area contributed by atoms with Gasteiger partial charge in [-0.15, -0.1) is 11.3 Å². The average Bonchev–Trinajstić information content (AvgIpc) is 3.56. The molecule has 0 spiro atoms. The van der Waals surface area contributed by atoms with Gasteiger partial charge in [0, 0.05) is 35.4 Å². The molecule has 1 fully saturated rings. The molecule has 1 aliphatic rings. The first-order chi connectivity index (χ1) is 20.9. The summed E-state index contributed by atoms with van der Waals surface area (Å²) in [6.07, 6.45) is -1.35. The van der Waals surface area contributed by atoms with Crippen molar-refractivity contribution < 1.29 is 33.7 Å². The number of aromatic nitrogens is 2. The molecule has 3 N–H and O–H groups in total. The van der Waals surface area contributed by atoms with Crippen molar-refractivity contribution in [3.63, 3.8) is 0 Å². The number of nitrogens with one attached hydrogen (secondary N) is 2. The number of carbonyl (C=O) groups is 3. The molecule has 3 atom stereocenters. The summed E-state index contributed by atoms with van der Waals surface area (Å²) >= 11 is 1.47. The minimum Gasteiger partial charge on any atom is -0.497 e. The third-order valence-corrected chi connectivity index (χ3v) is 7.83. The maximum Gasteiger partial charge on any atom is 0.408 e. The summed E-state index contributed by atoms with van der Waals surface area (Å²) < 4.78 is 17.3. The Bertz CT molecular complexity index is 1560. The van der Waals surface area contributed by atoms with Gasteiger partial charge >= 0.3 is 12.1 Å². The number of amides is 2. The van der Waals surface area contributed by atoms with E-state index in [0.29, 0.717) is 33.8 Å². The minimum absolute atomic E-state index is 0.00679. The third kappa shape index (κ3) is 8.33. The predicted octanol–water partition coefficient (Wildman–Crippen LogP) is 5.56. The number of pyridine rings is 1. The van der Waals surface area contributed by atoms with Crippen LogP contribution in [0.25, 0.3) is 22.3 Å². The maximum atomic E-state index is 13.9. The second-order valence-corrected chi connectivity index (χ2v) is 14.3. The summed E-state index contributed by atoms with van der Waals surface area (Å²) in [5, 5.41) is 19.5. The van der Waals surface area contributed by atoms with E-state index in [0.717, 1.165) is 5.13 Å². The number of carboxylic acid groups (broad SMARTS) is 1. The van der Waals surface area contributed by atoms with E-state index in [1.54, 1.807) is 66.9 Å². The number of thiazole rings is 1. The number of anilines is 1. The molecule has 45 heavy (non-hydrogen) atoms. The molecule has 4 rings (SSSR count). The number of benzene rings is 1. The van der Waals surface area contributed by atoms with Gasteiger partial charge in [-0.1, -0.05) is 20.8 Å². The highest BCUT2D eigenvalue weighted by atomic mass is 32.1. The van der Waals surface area contributed by atoms with E-state index in [1.165, 1.54) is 16.2 Å². The molecule has 1 unspecified atom stereocenters. The summed E-state index contributed by atoms with van der Waals surface area (Å²) in [6.45, 7) is 14.6. The lowest BCUT2D eigenvalue weighted by Gasteiger charge is -2.35. The van der Waals surface area contributed by atoms with Crippen LogP contribution in [-0.2, 0) is 14.3 Å². The van der Waals surface area contributed by atoms with Crippen molar-refractivity contribution in [1.82, 2.24) is 20.2 Å². The highest BCUT2D eigenvalue weighted by Gasteiger charge is 2.46. The monoisotopic (exact) mass is 641 g/mol. The van der Waals surface area contributed by atoms with E-state index in [-0.39, 0.29) is 19.0 Å². The number of methoxy groups -OCH3 is 1. The van der Waals surface area contributed by atoms with Gasteiger partial charge in [-0.25, -0.2) is 19.6 Å². The molecule has 3 heterocycles. The number of ether oxygens (including phenoxy) is 3. The Balaban J connectivity index is 1.65. The van der Waals surface area contributed by atoms with E-state index in [9.17, 15) is 19.5 Å². The van der Waals surface area contributed by atoms with Gasteiger partial charge in [0.1, 0.15) is 41.0 Å². The summed E-state index contributed by atoms with van der Waals surface area (Å²) in [7, 11) is 1.57. The molecule has 244 valence electrons. The van der Waals surface area contributed by atoms with Crippen molar-refractivity contribution in [3.8, 4) is 22.9 Å². The van der Waals surface area contributed by atoms with Crippen molar-refractivity contribution in [2.75, 3.05) is 19.0 Å². The Labute approximate surface area is 267 Å². The van der Waals surface area contributed by atoms with Gasteiger partial charge < -0.3 is 34.9 Å². The van der Waals surface area contributed by atoms with Crippen molar-refractivity contribution >= 4 is 45.3 Å². The normalized spacial score (nSPS) is 17.7. The van der Waals surface area contributed by atoms with Gasteiger partial charge in [-0.05, 0) is 52.2 Å². The van der Waals surface area contributed by atoms with Crippen LogP contribution in [0, 0.1) is 5.41 Å². The Kier molecular flexibility index (Phi) is 9.81. The first kappa shape index (κ1) is 33.8. The topological polar surface area (TPSA) is 152 Å². The van der Waals surface area contributed by atoms with E-state index >= 15 is 0 Å². The zero-order chi connectivity index (χ0) is 33.3. The van der Waals surface area contributed by atoms with Crippen LogP contribution >= 0.6 is 11.3 Å². The number of aliphatic carboxylic acids is 1. The lowest BCUT2D eigenvalue weighted by Crippen LogP contribution is -2.57. The van der Waals surface area contributed by atoms with Crippen LogP contribution in [0.1, 0.15) is 61.8 Å². The lowest BCUT2D eigenvalue weighted by molar-refractivity contribution is -0.150. The van der Waals surface area contributed by atoms with Crippen LogP contribution in [0.15, 0.2) is 29.6 Å². The van der Waals surface area contributed by atoms with Gasteiger partial charge in [0.25, 0.3) is 0 Å². The molecule has 12 nitrogen and oxygen atoms in total. The van der Waals surface area contributed by atoms with E-state index in [2.05, 4.69) is 15.6 Å². The summed E-state index contributed by atoms with van der Waals surface area (Å²) in [5.74, 6) is -0.582. The Morgan fingerprint density at radius 2 is 1.78 bits per heavy atom. The SMILES string of the molecule is COc1ccc2c(OC3C[C@@H](C(=O)O)N(C(=O)[C@@H](NC(=O)OC(C)(C)C)C(C)(C)C)C3)cc(-c3csc(NC(C)C)n3)nc2c1. The minimum atomic E-state index is -1.16. The smallest absolute Gasteiger partial charge is 0.408 e. The quantitative estimate of drug-likeness (QED) is 0.271. The van der Waals surface area contributed by atoms with Crippen molar-refractivity contribution in [1.29, 1.82) is 0 Å². The largest absolute Gasteiger partial charge is 0.497 e. The molecule has 1 aromatic carbocycles. The number of fused-ring (bicyclic) bond motifs is 1. The summed E-state index contributed by atoms with van der Waals surface area (Å²) in [6, 6.07) is 5.24. The molecule has 0 bridgehead atoms. The molecule has 1 saturated heterocycles. The van der Waals surface area contributed by atoms with Crippen LogP contribution in [0.5, 0.6) is 11.5 Å². The van der Waals surface area contributed by atoms with Crippen LogP contribution in [0.2, 0.25) is 0 Å². The number of carbonyl (C=O) groups excluding carboxylic acids is 2. The maximum absolute atomic E-state index is 13.9. The average molecular weight is 642 g/mol. The number of hydrogen-bond acceptors (Lipinski definition) is 10. The number of nitrogens with zero attached hydrogens (tertiary/aromatic N) is 3. The van der Waals surface area contributed by atoms with Crippen molar-refractivity contribution in [2.24, 2.45) is 5.41 Å². The fraction of sp³-hybridized carbons (Fsp3) is 0.531. The van der Waals surface area contributed by atoms with Gasteiger partial charge in [0.15, 0.2) is 5.13 Å². The number of likely N-dealkylation sites (tertiary alicyclic amines) is 1. The van der Waals surface area contributed by atoms with Crippen LogP contribution in [-0.4, -0.2) is 81.4 Å². The molecule has 0 aliphatic carbocycles. The standard InChI is InChI=1S/C32H43N5O7S/c1-17(2)33-29-35-23(16-45-29)22-14-25(20-11-10-18(42-9)12-21(20)34-22)43-19-13-24(28(39)40)37(15-19)27(38)26(31(3,4)5)36-30(41)44-32(6,7)8/h10-12,14,16-17,19,24,26H,13,15H2,1-9H3,(H,33,35)(H,36,41)(H,39,40)/t19?,24-,26+/m0/s1. The van der Waals surface area contributed by atoms with E-state index < -0.39 is 47.2 Å². The van der Waals surface area contributed by atoms with Crippen molar-refractivity contribution in [3.05, 3.63) is 29.6 Å². The molecule has 0 saturated carbocycles. The fourth-order valence-electron chi connectivity index (χ4n) is 5.02. The summed E-state index contributed by atoms with van der Waals surface area (Å²) in [4.78, 5) is 49.7. The molecule has 0 radical (unpaired) electrons. The zero-order valence-corrected chi connectivity index (χ0v) is 28.1. The van der Waals surface area contributed by atoms with Gasteiger partial charge in [0.05, 0.1) is 24.9 Å². The second-order valence-electron chi connectivity index (χ2n) is 13.5. The van der Waals surface area contributed by atoms with Crippen LogP contribution in [0.4, 0.5) is 9.93 Å². The highest BCUT2D eigenvalue weighted by Crippen LogP contribution is 2.36. The van der Waals surface area contributed by atoms with Crippen LogP contribution < -0.4 is 20.1 Å². The highest BCUT2D eigenvalue weighted by molar-refractivity contribution is 7.14. The molecule has 13 heteroatoms. The molecule has 2 amide bonds. The lowest BCUT2D eigenvalue weighted by atomic mass is 9.85. The predicted molar refractivity (Wildman–Crippen MR) is 173 cm³/mol. The Morgan fingerprint density at radius 1 is 1.07 bits per heavy atom. The van der Waals surface area contributed by atoms with E-state index in [4.69, 9.17) is 19.2 Å². The van der Waals surface area contributed by atoms with Crippen LogP contribution in [0.3, 0.4) is 0 Å². The zero-order valence-electron chi connectivity index (χ0n) is 27.3. The first-order valence-corrected chi connectivity index (χ1v) is 15.7. The third-order valence-electron chi connectivity index (χ3n) is 7.06. The van der Waals surface area contributed by atoms with Gasteiger partial charge in [-0.3, -0.25) is 4.79 Å². The number of carboxylic acids is 1. The van der Waals surface area contributed by atoms with Crippen molar-refractivity contribution in [2.45, 2.75) is 91.6 Å². The molecule has 3 aromatic rings. The second kappa shape index (κ2) is 13.1. The fourth-order valence-corrected chi connectivity index (χ4v) is 5.87. The summed E-state index contributed by atoms with van der Waals surface area (Å²) in [5.41, 5.74) is 0.345. The first-order valence-electron chi connectivity index (χ1n) is 14.9. The molecule has 1 aliphatic heterocycles. The number of rotatable bonds is 9. The van der Waals surface area contributed by atoms with Gasteiger partial charge in [-0.2, -0.15) is 0 Å². The molecule has 2 aromatic heterocycles. The number of alkyl carbamates (subject to hydrolysis) is 1. The Morgan fingerprint density at radius 3 is 2.38 bits per heavy atom. The molecular formula is C32H43N5O7S. The number of hydrogen-bond donors (Lipinski definition) is 3. The molecular weight excluding hydrogens is 598 g/mol.